The molecule has 3 fully saturated rings. The van der Waals surface area contributed by atoms with Crippen LogP contribution in [-0.4, -0.2) is 59.2 Å². The molecule has 5 heterocycles. The van der Waals surface area contributed by atoms with E-state index in [1.54, 1.807) is 28.0 Å². The Morgan fingerprint density at radius 2 is 2.13 bits per heavy atom. The fourth-order valence-electron chi connectivity index (χ4n) is 3.21. The summed E-state index contributed by atoms with van der Waals surface area (Å²) in [5.74, 6) is 1.60. The molecule has 160 valence electrons. The molecule has 30 heavy (non-hydrogen) atoms. The summed E-state index contributed by atoms with van der Waals surface area (Å²) in [5.41, 5.74) is 3.04. The molecule has 2 aromatic heterocycles. The molecule has 0 spiro atoms. The molecule has 3 saturated heterocycles. The predicted octanol–water partition coefficient (Wildman–Crippen LogP) is 3.88. The van der Waals surface area contributed by atoms with Crippen molar-refractivity contribution in [1.82, 2.24) is 14.9 Å². The summed E-state index contributed by atoms with van der Waals surface area (Å²) in [6.45, 7) is 11.3. The molecule has 2 aromatic rings. The summed E-state index contributed by atoms with van der Waals surface area (Å²) in [5, 5.41) is 6.31. The number of nitrogens with one attached hydrogen (secondary N) is 1. The Morgan fingerprint density at radius 1 is 1.40 bits per heavy atom. The molecule has 3 aliphatic rings. The number of thioether (sulfide) groups is 1. The van der Waals surface area contributed by atoms with Crippen molar-refractivity contribution in [3.63, 3.8) is 0 Å². The zero-order valence-corrected chi connectivity index (χ0v) is 19.1. The number of hydrogen-bond donors (Lipinski definition) is 1. The molecule has 0 aliphatic carbocycles. The van der Waals surface area contributed by atoms with E-state index >= 15 is 0 Å². The molecule has 5 rings (SSSR count). The van der Waals surface area contributed by atoms with Crippen LogP contribution in [-0.2, 0) is 9.53 Å². The minimum absolute atomic E-state index is 0.356. The van der Waals surface area contributed by atoms with Crippen molar-refractivity contribution in [3.8, 4) is 0 Å². The average molecular weight is 446 g/mol. The Balaban J connectivity index is 0.000000234. The molecule has 1 N–H and O–H groups in total. The normalized spacial score (nSPS) is 20.0. The molecule has 7 nitrogen and oxygen atoms in total. The number of morpholine rings is 1. The first-order chi connectivity index (χ1) is 14.5. The van der Waals surface area contributed by atoms with Crippen LogP contribution in [0.25, 0.3) is 5.70 Å². The van der Waals surface area contributed by atoms with Gasteiger partial charge >= 0.3 is 0 Å². The second-order valence-electron chi connectivity index (χ2n) is 7.19. The summed E-state index contributed by atoms with van der Waals surface area (Å²) in [6.07, 6.45) is 4.62. The molecule has 0 radical (unpaired) electrons. The lowest BCUT2D eigenvalue weighted by Gasteiger charge is -2.45. The van der Waals surface area contributed by atoms with Crippen molar-refractivity contribution in [2.75, 3.05) is 24.3 Å². The zero-order chi connectivity index (χ0) is 21.5. The maximum absolute atomic E-state index is 10.2. The van der Waals surface area contributed by atoms with E-state index in [1.807, 2.05) is 44.5 Å². The number of pyridine rings is 1. The molecule has 9 heteroatoms. The van der Waals surface area contributed by atoms with Gasteiger partial charge < -0.3 is 15.0 Å². The van der Waals surface area contributed by atoms with Crippen LogP contribution in [0, 0.1) is 20.8 Å². The molecular weight excluding hydrogens is 418 g/mol. The van der Waals surface area contributed by atoms with Crippen LogP contribution in [0.15, 0.2) is 28.7 Å². The SMILES string of the molecule is C=N/C(=C\SCNc1ccc(C)cn1)c1sc(C)nc1C.O=CN1C[C@H]2C[C@@H](C1)O2. The number of aromatic nitrogens is 2. The Morgan fingerprint density at radius 3 is 2.63 bits per heavy atom. The predicted molar refractivity (Wildman–Crippen MR) is 125 cm³/mol. The summed E-state index contributed by atoms with van der Waals surface area (Å²) in [7, 11) is 0. The van der Waals surface area contributed by atoms with Crippen molar-refractivity contribution >= 4 is 47.7 Å². The maximum atomic E-state index is 10.2. The largest absolute Gasteiger partial charge is 0.371 e. The second kappa shape index (κ2) is 10.7. The standard InChI is InChI=1S/C15H18N4S2.C6H9NO2/c1-10-5-6-14(17-7-10)18-9-20-8-13(16-4)15-11(2)19-12(3)21-15;8-4-7-2-5-1-6(3-7)9-5/h5-8H,4,9H2,1-3H3,(H,17,18);4-6H,1-3H2/b13-8-;/t;5-,6+. The first-order valence-electron chi connectivity index (χ1n) is 9.72. The Labute approximate surface area is 185 Å². The minimum atomic E-state index is 0.356. The van der Waals surface area contributed by atoms with E-state index in [9.17, 15) is 4.79 Å². The van der Waals surface area contributed by atoms with Crippen LogP contribution in [0.1, 0.15) is 27.6 Å². The molecule has 2 atom stereocenters. The molecule has 2 bridgehead atoms. The lowest BCUT2D eigenvalue weighted by Crippen LogP contribution is -2.56. The van der Waals surface area contributed by atoms with E-state index in [2.05, 4.69) is 27.0 Å². The van der Waals surface area contributed by atoms with Gasteiger partial charge in [-0.15, -0.1) is 23.1 Å². The third kappa shape index (κ3) is 6.13. The number of hydrogen-bond acceptors (Lipinski definition) is 8. The lowest BCUT2D eigenvalue weighted by atomic mass is 10.00. The number of piperidine rings is 1. The van der Waals surface area contributed by atoms with Gasteiger partial charge in [-0.3, -0.25) is 9.79 Å². The molecular formula is C21H27N5O2S2. The van der Waals surface area contributed by atoms with E-state index in [0.717, 1.165) is 64.5 Å². The van der Waals surface area contributed by atoms with Crippen LogP contribution < -0.4 is 5.32 Å². The number of aliphatic imine (C=N–C) groups is 1. The third-order valence-corrected chi connectivity index (χ3v) is 6.48. The highest BCUT2D eigenvalue weighted by Gasteiger charge is 2.37. The Hall–Kier alpha value is -2.23. The maximum Gasteiger partial charge on any atom is 0.209 e. The van der Waals surface area contributed by atoms with Crippen molar-refractivity contribution in [2.45, 2.75) is 39.4 Å². The quantitative estimate of drug-likeness (QED) is 0.302. The van der Waals surface area contributed by atoms with Gasteiger partial charge in [-0.2, -0.15) is 0 Å². The number of fused-ring (bicyclic) bond motifs is 2. The number of rotatable bonds is 7. The van der Waals surface area contributed by atoms with Crippen molar-refractivity contribution < 1.29 is 9.53 Å². The summed E-state index contributed by atoms with van der Waals surface area (Å²) in [4.78, 5) is 25.9. The highest BCUT2D eigenvalue weighted by Crippen LogP contribution is 2.28. The topological polar surface area (TPSA) is 79.7 Å². The Bertz CT molecular complexity index is 881. The van der Waals surface area contributed by atoms with Crippen molar-refractivity contribution in [2.24, 2.45) is 4.99 Å². The fourth-order valence-corrected chi connectivity index (χ4v) is 4.85. The molecule has 0 unspecified atom stereocenters. The number of ether oxygens (including phenoxy) is 1. The smallest absolute Gasteiger partial charge is 0.209 e. The van der Waals surface area contributed by atoms with E-state index in [1.165, 1.54) is 0 Å². The van der Waals surface area contributed by atoms with Crippen LogP contribution in [0.2, 0.25) is 0 Å². The van der Waals surface area contributed by atoms with E-state index in [4.69, 9.17) is 4.74 Å². The molecule has 1 amide bonds. The molecule has 0 saturated carbocycles. The number of aryl methyl sites for hydroxylation is 3. The number of amides is 1. The van der Waals surface area contributed by atoms with Gasteiger partial charge in [0.2, 0.25) is 6.41 Å². The second-order valence-corrected chi connectivity index (χ2v) is 9.25. The number of thiazole rings is 1. The van der Waals surface area contributed by atoms with Gasteiger partial charge in [0, 0.05) is 25.7 Å². The third-order valence-electron chi connectivity index (χ3n) is 4.69. The van der Waals surface area contributed by atoms with Crippen LogP contribution in [0.4, 0.5) is 5.82 Å². The first kappa shape index (κ1) is 22.5. The van der Waals surface area contributed by atoms with Gasteiger partial charge in [0.15, 0.2) is 0 Å². The summed E-state index contributed by atoms with van der Waals surface area (Å²) >= 11 is 3.27. The van der Waals surface area contributed by atoms with Gasteiger partial charge in [0.25, 0.3) is 0 Å². The molecule has 0 aromatic carbocycles. The molecule has 3 aliphatic heterocycles. The van der Waals surface area contributed by atoms with Crippen molar-refractivity contribution in [3.05, 3.63) is 44.9 Å². The Kier molecular flexibility index (Phi) is 8.01. The highest BCUT2D eigenvalue weighted by molar-refractivity contribution is 8.02. The van der Waals surface area contributed by atoms with Crippen LogP contribution in [0.3, 0.4) is 0 Å². The monoisotopic (exact) mass is 445 g/mol. The lowest BCUT2D eigenvalue weighted by molar-refractivity contribution is -0.181. The van der Waals surface area contributed by atoms with Gasteiger partial charge in [0.1, 0.15) is 5.82 Å². The number of carbonyl (C=O) groups is 1. The van der Waals surface area contributed by atoms with Crippen molar-refractivity contribution in [1.29, 1.82) is 0 Å². The van der Waals surface area contributed by atoms with Crippen LogP contribution in [0.5, 0.6) is 0 Å². The van der Waals surface area contributed by atoms with E-state index in [-0.39, 0.29) is 0 Å². The average Bonchev–Trinajstić information content (AvgIpc) is 3.07. The van der Waals surface area contributed by atoms with Gasteiger partial charge in [-0.05, 0) is 44.5 Å². The summed E-state index contributed by atoms with van der Waals surface area (Å²) in [6, 6.07) is 4.01. The number of nitrogens with zero attached hydrogens (tertiary/aromatic N) is 4. The van der Waals surface area contributed by atoms with Gasteiger partial charge in [0.05, 0.1) is 39.4 Å². The zero-order valence-electron chi connectivity index (χ0n) is 17.5. The minimum Gasteiger partial charge on any atom is -0.371 e. The summed E-state index contributed by atoms with van der Waals surface area (Å²) < 4.78 is 5.31. The number of anilines is 1. The van der Waals surface area contributed by atoms with E-state index < -0.39 is 0 Å². The van der Waals surface area contributed by atoms with E-state index in [0.29, 0.717) is 12.2 Å². The highest BCUT2D eigenvalue weighted by atomic mass is 32.2. The fraction of sp³-hybridized carbons (Fsp3) is 0.429. The number of carbonyl (C=O) groups excluding carboxylic acids is 1. The first-order valence-corrected chi connectivity index (χ1v) is 11.6. The van der Waals surface area contributed by atoms with Gasteiger partial charge in [-0.1, -0.05) is 6.07 Å². The van der Waals surface area contributed by atoms with Crippen LogP contribution >= 0.6 is 23.1 Å². The van der Waals surface area contributed by atoms with Gasteiger partial charge in [-0.25, -0.2) is 9.97 Å².